The molecule has 2 aliphatic rings. The molecule has 1 aromatic carbocycles. The molecule has 0 saturated carbocycles. The van der Waals surface area contributed by atoms with Gasteiger partial charge in [-0.2, -0.15) is 9.97 Å². The topological polar surface area (TPSA) is 132 Å². The number of esters is 1. The lowest BCUT2D eigenvalue weighted by Crippen LogP contribution is -2.29. The van der Waals surface area contributed by atoms with Crippen molar-refractivity contribution in [3.63, 3.8) is 0 Å². The third-order valence-corrected chi connectivity index (χ3v) is 6.07. The molecular weight excluding hydrogens is 410 g/mol. The minimum atomic E-state index is -0.683. The Hall–Kier alpha value is -3.53. The van der Waals surface area contributed by atoms with E-state index in [1.807, 2.05) is 19.9 Å². The third kappa shape index (κ3) is 3.66. The number of nitrogens with two attached hydrogens (primary N) is 1. The molecule has 3 aromatic rings. The van der Waals surface area contributed by atoms with Gasteiger partial charge in [0.2, 0.25) is 5.95 Å². The molecule has 0 atom stereocenters. The van der Waals surface area contributed by atoms with Gasteiger partial charge in [0, 0.05) is 23.4 Å². The minimum absolute atomic E-state index is 0.237. The Morgan fingerprint density at radius 1 is 1.19 bits per heavy atom. The number of benzene rings is 1. The molecule has 1 saturated heterocycles. The zero-order valence-corrected chi connectivity index (χ0v) is 18.3. The van der Waals surface area contributed by atoms with Gasteiger partial charge >= 0.3 is 5.97 Å². The molecule has 10 heteroatoms. The predicted molar refractivity (Wildman–Crippen MR) is 117 cm³/mol. The van der Waals surface area contributed by atoms with Crippen LogP contribution in [0, 0.1) is 0 Å². The fourth-order valence-corrected chi connectivity index (χ4v) is 4.17. The van der Waals surface area contributed by atoms with Crippen LogP contribution in [0.15, 0.2) is 28.9 Å². The van der Waals surface area contributed by atoms with E-state index >= 15 is 0 Å². The number of ether oxygens (including phenoxy) is 1. The Bertz CT molecular complexity index is 1180. The molecule has 4 heterocycles. The van der Waals surface area contributed by atoms with Gasteiger partial charge in [-0.3, -0.25) is 0 Å². The molecule has 2 aromatic heterocycles. The number of nitrogens with one attached hydrogen (secondary N) is 1. The Morgan fingerprint density at radius 3 is 2.72 bits per heavy atom. The zero-order valence-electron chi connectivity index (χ0n) is 18.3. The van der Waals surface area contributed by atoms with Crippen LogP contribution >= 0.6 is 0 Å². The standard InChI is InChI=1S/C22H25N7O3/c1-22(2)16-10-13(4-5-14(16)20(30)31-22)25-21-24-11-15(17(23)26-21)19-27-18(28-32-19)12-6-8-29(3)9-7-12/h4-5,10-12H,6-9H2,1-3H3,(H3,23,24,25,26). The molecule has 166 valence electrons. The highest BCUT2D eigenvalue weighted by Crippen LogP contribution is 2.37. The van der Waals surface area contributed by atoms with E-state index in [0.29, 0.717) is 28.8 Å². The molecule has 3 N–H and O–H groups in total. The monoisotopic (exact) mass is 435 g/mol. The lowest BCUT2D eigenvalue weighted by Gasteiger charge is -2.26. The Morgan fingerprint density at radius 2 is 1.97 bits per heavy atom. The average Bonchev–Trinajstić information content (AvgIpc) is 3.31. The fraction of sp³-hybridized carbons (Fsp3) is 0.409. The first-order valence-corrected chi connectivity index (χ1v) is 10.6. The lowest BCUT2D eigenvalue weighted by molar-refractivity contribution is 0.00955. The van der Waals surface area contributed by atoms with Crippen LogP contribution in [0.25, 0.3) is 11.5 Å². The number of nitrogen functional groups attached to an aromatic ring is 1. The second-order valence-electron chi connectivity index (χ2n) is 8.81. The Labute approximate surface area is 185 Å². The zero-order chi connectivity index (χ0) is 22.5. The van der Waals surface area contributed by atoms with Crippen molar-refractivity contribution in [1.29, 1.82) is 0 Å². The maximum absolute atomic E-state index is 12.0. The SMILES string of the molecule is CN1CCC(c2noc(-c3cnc(Nc4ccc5c(c4)C(C)(C)OC5=O)nc3N)n2)CC1. The smallest absolute Gasteiger partial charge is 0.339 e. The largest absolute Gasteiger partial charge is 0.451 e. The van der Waals surface area contributed by atoms with Crippen LogP contribution in [-0.4, -0.2) is 51.1 Å². The van der Waals surface area contributed by atoms with Crippen molar-refractivity contribution in [2.24, 2.45) is 0 Å². The van der Waals surface area contributed by atoms with E-state index in [1.54, 1.807) is 18.3 Å². The molecule has 5 rings (SSSR count). The first-order valence-electron chi connectivity index (χ1n) is 10.6. The van der Waals surface area contributed by atoms with Gasteiger partial charge in [-0.15, -0.1) is 0 Å². The van der Waals surface area contributed by atoms with Gasteiger partial charge in [-0.25, -0.2) is 9.78 Å². The maximum atomic E-state index is 12.0. The molecule has 32 heavy (non-hydrogen) atoms. The fourth-order valence-electron chi connectivity index (χ4n) is 4.17. The second-order valence-corrected chi connectivity index (χ2v) is 8.81. The lowest BCUT2D eigenvalue weighted by atomic mass is 9.95. The van der Waals surface area contributed by atoms with Gasteiger partial charge in [0.15, 0.2) is 5.82 Å². The number of nitrogens with zero attached hydrogens (tertiary/aromatic N) is 5. The van der Waals surface area contributed by atoms with E-state index in [0.717, 1.165) is 37.2 Å². The van der Waals surface area contributed by atoms with Crippen molar-refractivity contribution in [1.82, 2.24) is 25.0 Å². The number of aromatic nitrogens is 4. The molecule has 0 aliphatic carbocycles. The normalized spacial score (nSPS) is 18.4. The highest BCUT2D eigenvalue weighted by molar-refractivity contribution is 5.95. The molecular formula is C22H25N7O3. The third-order valence-electron chi connectivity index (χ3n) is 6.07. The Balaban J connectivity index is 1.34. The summed E-state index contributed by atoms with van der Waals surface area (Å²) >= 11 is 0. The van der Waals surface area contributed by atoms with Crippen LogP contribution in [0.1, 0.15) is 54.4 Å². The summed E-state index contributed by atoms with van der Waals surface area (Å²) < 4.78 is 10.9. The van der Waals surface area contributed by atoms with Gasteiger partial charge in [-0.1, -0.05) is 5.16 Å². The van der Waals surface area contributed by atoms with E-state index in [1.165, 1.54) is 0 Å². The first kappa shape index (κ1) is 20.4. The number of anilines is 3. The molecule has 0 radical (unpaired) electrons. The minimum Gasteiger partial charge on any atom is -0.451 e. The number of rotatable bonds is 4. The molecule has 10 nitrogen and oxygen atoms in total. The summed E-state index contributed by atoms with van der Waals surface area (Å²) in [5.74, 6) is 1.54. The Kier molecular flexibility index (Phi) is 4.81. The number of hydrogen-bond donors (Lipinski definition) is 2. The van der Waals surface area contributed by atoms with Crippen LogP contribution in [-0.2, 0) is 10.3 Å². The average molecular weight is 435 g/mol. The van der Waals surface area contributed by atoms with E-state index in [-0.39, 0.29) is 17.7 Å². The van der Waals surface area contributed by atoms with Crippen molar-refractivity contribution < 1.29 is 14.1 Å². The summed E-state index contributed by atoms with van der Waals surface area (Å²) in [7, 11) is 2.11. The van der Waals surface area contributed by atoms with E-state index in [2.05, 4.69) is 37.4 Å². The van der Waals surface area contributed by atoms with Gasteiger partial charge < -0.3 is 25.2 Å². The first-order chi connectivity index (χ1) is 15.3. The number of hydrogen-bond acceptors (Lipinski definition) is 10. The quantitative estimate of drug-likeness (QED) is 0.589. The summed E-state index contributed by atoms with van der Waals surface area (Å²) in [6.07, 6.45) is 3.57. The molecule has 0 amide bonds. The van der Waals surface area contributed by atoms with Crippen molar-refractivity contribution in [2.75, 3.05) is 31.2 Å². The molecule has 0 spiro atoms. The molecule has 2 aliphatic heterocycles. The highest BCUT2D eigenvalue weighted by atomic mass is 16.6. The van der Waals surface area contributed by atoms with Crippen LogP contribution in [0.5, 0.6) is 0 Å². The van der Waals surface area contributed by atoms with E-state index < -0.39 is 5.60 Å². The van der Waals surface area contributed by atoms with Crippen LogP contribution in [0.4, 0.5) is 17.5 Å². The number of carbonyl (C=O) groups excluding carboxylic acids is 1. The number of cyclic esters (lactones) is 1. The van der Waals surface area contributed by atoms with Gasteiger partial charge in [0.05, 0.1) is 5.56 Å². The van der Waals surface area contributed by atoms with E-state index in [9.17, 15) is 4.79 Å². The highest BCUT2D eigenvalue weighted by Gasteiger charge is 2.37. The van der Waals surface area contributed by atoms with Gasteiger partial charge in [0.25, 0.3) is 5.89 Å². The summed E-state index contributed by atoms with van der Waals surface area (Å²) in [6, 6.07) is 5.37. The molecule has 0 unspecified atom stereocenters. The van der Waals surface area contributed by atoms with Crippen molar-refractivity contribution in [3.05, 3.63) is 41.3 Å². The van der Waals surface area contributed by atoms with E-state index in [4.69, 9.17) is 15.0 Å². The summed E-state index contributed by atoms with van der Waals surface area (Å²) in [6.45, 7) is 5.74. The van der Waals surface area contributed by atoms with Crippen molar-refractivity contribution in [3.8, 4) is 11.5 Å². The molecule has 0 bridgehead atoms. The van der Waals surface area contributed by atoms with Gasteiger partial charge in [0.1, 0.15) is 17.0 Å². The number of piperidine rings is 1. The predicted octanol–water partition coefficient (Wildman–Crippen LogP) is 3.07. The number of fused-ring (bicyclic) bond motifs is 1. The molecule has 1 fully saturated rings. The van der Waals surface area contributed by atoms with Gasteiger partial charge in [-0.05, 0) is 65.0 Å². The summed E-state index contributed by atoms with van der Waals surface area (Å²) in [4.78, 5) is 27.5. The van der Waals surface area contributed by atoms with Crippen LogP contribution in [0.2, 0.25) is 0 Å². The van der Waals surface area contributed by atoms with Crippen molar-refractivity contribution >= 4 is 23.4 Å². The van der Waals surface area contributed by atoms with Crippen molar-refractivity contribution in [2.45, 2.75) is 38.2 Å². The van der Waals surface area contributed by atoms with Crippen LogP contribution in [0.3, 0.4) is 0 Å². The maximum Gasteiger partial charge on any atom is 0.339 e. The summed E-state index contributed by atoms with van der Waals surface area (Å²) in [5.41, 5.74) is 8.09. The number of likely N-dealkylation sites (tertiary alicyclic amines) is 1. The summed E-state index contributed by atoms with van der Waals surface area (Å²) in [5, 5.41) is 7.28. The van der Waals surface area contributed by atoms with Crippen LogP contribution < -0.4 is 11.1 Å². The number of carbonyl (C=O) groups is 1. The second kappa shape index (κ2) is 7.56.